The summed E-state index contributed by atoms with van der Waals surface area (Å²) in [5.74, 6) is 0.0970. The number of ether oxygens (including phenoxy) is 1. The third kappa shape index (κ3) is 3.92. The number of carbonyl (C=O) groups is 1. The average molecular weight is 403 g/mol. The van der Waals surface area contributed by atoms with Crippen LogP contribution in [0.1, 0.15) is 16.2 Å². The molecule has 0 amide bonds. The Bertz CT molecular complexity index is 924. The van der Waals surface area contributed by atoms with Gasteiger partial charge in [-0.15, -0.1) is 0 Å². The second kappa shape index (κ2) is 7.27. The van der Waals surface area contributed by atoms with Crippen molar-refractivity contribution in [3.8, 4) is 11.3 Å². The Morgan fingerprint density at radius 3 is 2.72 bits per heavy atom. The first-order valence-electron chi connectivity index (χ1n) is 7.16. The lowest BCUT2D eigenvalue weighted by Crippen LogP contribution is -2.06. The van der Waals surface area contributed by atoms with Crippen molar-refractivity contribution in [3.63, 3.8) is 0 Å². The first-order chi connectivity index (χ1) is 12.0. The molecule has 1 aromatic heterocycles. The number of nitrogens with zero attached hydrogens (tertiary/aromatic N) is 2. The molecule has 0 radical (unpaired) electrons. The normalized spacial score (nSPS) is 10.4. The SMILES string of the molecule is O=C(OCc1ncc(-c2ccccc2)o1)c1ccc(Br)c([N+](=O)[O-])c1. The lowest BCUT2D eigenvalue weighted by Gasteiger charge is -2.03. The van der Waals surface area contributed by atoms with E-state index in [-0.39, 0.29) is 28.2 Å². The van der Waals surface area contributed by atoms with Crippen molar-refractivity contribution < 1.29 is 18.9 Å². The highest BCUT2D eigenvalue weighted by Crippen LogP contribution is 2.26. The van der Waals surface area contributed by atoms with Gasteiger partial charge in [0.2, 0.25) is 5.89 Å². The van der Waals surface area contributed by atoms with Crippen LogP contribution < -0.4 is 0 Å². The van der Waals surface area contributed by atoms with Crippen LogP contribution in [0.4, 0.5) is 5.69 Å². The summed E-state index contributed by atoms with van der Waals surface area (Å²) in [6.07, 6.45) is 1.54. The minimum atomic E-state index is -0.699. The second-order valence-corrected chi connectivity index (χ2v) is 5.84. The molecule has 0 N–H and O–H groups in total. The smallest absolute Gasteiger partial charge is 0.338 e. The van der Waals surface area contributed by atoms with Gasteiger partial charge in [0.25, 0.3) is 5.69 Å². The summed E-state index contributed by atoms with van der Waals surface area (Å²) in [6, 6.07) is 13.4. The van der Waals surface area contributed by atoms with E-state index in [9.17, 15) is 14.9 Å². The maximum atomic E-state index is 12.1. The first kappa shape index (κ1) is 16.8. The Morgan fingerprint density at radius 2 is 2.00 bits per heavy atom. The Kier molecular flexibility index (Phi) is 4.90. The molecule has 0 atom stereocenters. The third-order valence-corrected chi connectivity index (χ3v) is 3.99. The first-order valence-corrected chi connectivity index (χ1v) is 7.95. The number of oxazole rings is 1. The van der Waals surface area contributed by atoms with Crippen LogP contribution in [0.3, 0.4) is 0 Å². The minimum Gasteiger partial charge on any atom is -0.452 e. The van der Waals surface area contributed by atoms with E-state index < -0.39 is 10.9 Å². The number of nitro benzene ring substituents is 1. The topological polar surface area (TPSA) is 95.5 Å². The van der Waals surface area contributed by atoms with Gasteiger partial charge in [0, 0.05) is 11.6 Å². The fourth-order valence-electron chi connectivity index (χ4n) is 2.10. The largest absolute Gasteiger partial charge is 0.452 e. The van der Waals surface area contributed by atoms with Gasteiger partial charge in [0.1, 0.15) is 0 Å². The van der Waals surface area contributed by atoms with E-state index in [2.05, 4.69) is 20.9 Å². The molecule has 0 bridgehead atoms. The number of esters is 1. The summed E-state index contributed by atoms with van der Waals surface area (Å²) in [6.45, 7) is -0.171. The van der Waals surface area contributed by atoms with Gasteiger partial charge in [-0.25, -0.2) is 9.78 Å². The lowest BCUT2D eigenvalue weighted by molar-refractivity contribution is -0.385. The molecule has 0 saturated heterocycles. The van der Waals surface area contributed by atoms with E-state index >= 15 is 0 Å². The van der Waals surface area contributed by atoms with Crippen molar-refractivity contribution in [2.75, 3.05) is 0 Å². The van der Waals surface area contributed by atoms with E-state index in [1.807, 2.05) is 30.3 Å². The Balaban J connectivity index is 1.68. The van der Waals surface area contributed by atoms with E-state index in [0.717, 1.165) is 11.6 Å². The van der Waals surface area contributed by atoms with E-state index in [0.29, 0.717) is 5.76 Å². The molecule has 3 rings (SSSR count). The molecule has 126 valence electrons. The fourth-order valence-corrected chi connectivity index (χ4v) is 2.49. The average Bonchev–Trinajstić information content (AvgIpc) is 3.09. The Hall–Kier alpha value is -3.00. The van der Waals surface area contributed by atoms with Gasteiger partial charge in [0.15, 0.2) is 12.4 Å². The van der Waals surface area contributed by atoms with Gasteiger partial charge in [-0.05, 0) is 28.1 Å². The maximum absolute atomic E-state index is 12.1. The third-order valence-electron chi connectivity index (χ3n) is 3.32. The lowest BCUT2D eigenvalue weighted by atomic mass is 10.2. The van der Waals surface area contributed by atoms with Crippen molar-refractivity contribution in [2.45, 2.75) is 6.61 Å². The van der Waals surface area contributed by atoms with Gasteiger partial charge in [-0.3, -0.25) is 10.1 Å². The van der Waals surface area contributed by atoms with E-state index in [4.69, 9.17) is 9.15 Å². The van der Waals surface area contributed by atoms with Crippen LogP contribution in [0.25, 0.3) is 11.3 Å². The number of hydrogen-bond acceptors (Lipinski definition) is 6. The standard InChI is InChI=1S/C17H11BrN2O5/c18-13-7-6-12(8-14(13)20(22)23)17(21)24-10-16-19-9-15(25-16)11-4-2-1-3-5-11/h1-9H,10H2. The molecular formula is C17H11BrN2O5. The molecule has 0 aliphatic rings. The molecule has 0 unspecified atom stereocenters. The number of benzene rings is 2. The molecule has 0 saturated carbocycles. The molecule has 0 spiro atoms. The molecule has 25 heavy (non-hydrogen) atoms. The van der Waals surface area contributed by atoms with Crippen molar-refractivity contribution >= 4 is 27.6 Å². The molecule has 8 heteroatoms. The Labute approximate surface area is 150 Å². The number of rotatable bonds is 5. The summed E-state index contributed by atoms with van der Waals surface area (Å²) in [7, 11) is 0. The van der Waals surface area contributed by atoms with Crippen LogP contribution in [0.5, 0.6) is 0 Å². The summed E-state index contributed by atoms with van der Waals surface area (Å²) >= 11 is 3.06. The summed E-state index contributed by atoms with van der Waals surface area (Å²) in [5, 5.41) is 10.9. The second-order valence-electron chi connectivity index (χ2n) is 4.98. The van der Waals surface area contributed by atoms with Crippen molar-refractivity contribution in [1.82, 2.24) is 4.98 Å². The highest BCUT2D eigenvalue weighted by molar-refractivity contribution is 9.10. The number of halogens is 1. The quantitative estimate of drug-likeness (QED) is 0.357. The molecular weight excluding hydrogens is 392 g/mol. The van der Waals surface area contributed by atoms with Crippen LogP contribution in [0, 0.1) is 10.1 Å². The predicted molar refractivity (Wildman–Crippen MR) is 91.9 cm³/mol. The number of carbonyl (C=O) groups excluding carboxylic acids is 1. The monoisotopic (exact) mass is 402 g/mol. The summed E-state index contributed by atoms with van der Waals surface area (Å²) in [5.41, 5.74) is 0.720. The molecule has 2 aromatic carbocycles. The summed E-state index contributed by atoms with van der Waals surface area (Å²) < 4.78 is 10.9. The molecule has 3 aromatic rings. The number of aromatic nitrogens is 1. The Morgan fingerprint density at radius 1 is 1.24 bits per heavy atom. The van der Waals surface area contributed by atoms with Gasteiger partial charge in [0.05, 0.1) is 21.2 Å². The van der Waals surface area contributed by atoms with Crippen LogP contribution in [-0.2, 0) is 11.3 Å². The minimum absolute atomic E-state index is 0.0738. The van der Waals surface area contributed by atoms with Crippen LogP contribution in [-0.4, -0.2) is 15.9 Å². The van der Waals surface area contributed by atoms with Crippen LogP contribution >= 0.6 is 15.9 Å². The predicted octanol–water partition coefficient (Wildman–Crippen LogP) is 4.37. The number of hydrogen-bond donors (Lipinski definition) is 0. The molecule has 7 nitrogen and oxygen atoms in total. The van der Waals surface area contributed by atoms with Crippen molar-refractivity contribution in [2.24, 2.45) is 0 Å². The number of nitro groups is 1. The molecule has 0 aliphatic heterocycles. The van der Waals surface area contributed by atoms with Gasteiger partial charge >= 0.3 is 5.97 Å². The fraction of sp³-hybridized carbons (Fsp3) is 0.0588. The van der Waals surface area contributed by atoms with Gasteiger partial charge in [-0.2, -0.15) is 0 Å². The zero-order valence-electron chi connectivity index (χ0n) is 12.7. The van der Waals surface area contributed by atoms with E-state index in [1.54, 1.807) is 6.20 Å². The van der Waals surface area contributed by atoms with Gasteiger partial charge < -0.3 is 9.15 Å². The highest BCUT2D eigenvalue weighted by Gasteiger charge is 2.17. The molecule has 1 heterocycles. The van der Waals surface area contributed by atoms with Crippen LogP contribution in [0.15, 0.2) is 63.6 Å². The van der Waals surface area contributed by atoms with Crippen LogP contribution in [0.2, 0.25) is 0 Å². The zero-order chi connectivity index (χ0) is 17.8. The zero-order valence-corrected chi connectivity index (χ0v) is 14.3. The van der Waals surface area contributed by atoms with Crippen molar-refractivity contribution in [1.29, 1.82) is 0 Å². The highest BCUT2D eigenvalue weighted by atomic mass is 79.9. The van der Waals surface area contributed by atoms with E-state index in [1.165, 1.54) is 12.1 Å². The molecule has 0 fully saturated rings. The van der Waals surface area contributed by atoms with Crippen molar-refractivity contribution in [3.05, 3.63) is 80.8 Å². The summed E-state index contributed by atoms with van der Waals surface area (Å²) in [4.78, 5) is 26.4. The maximum Gasteiger partial charge on any atom is 0.338 e. The van der Waals surface area contributed by atoms with Gasteiger partial charge in [-0.1, -0.05) is 30.3 Å². The molecule has 0 aliphatic carbocycles.